The molecule has 4 aromatic rings. The summed E-state index contributed by atoms with van der Waals surface area (Å²) in [6.45, 7) is 11.7. The van der Waals surface area contributed by atoms with Gasteiger partial charge in [-0.15, -0.1) is 0 Å². The quantitative estimate of drug-likeness (QED) is 0.317. The van der Waals surface area contributed by atoms with Gasteiger partial charge in [0.1, 0.15) is 7.05 Å². The minimum atomic E-state index is -1.33. The maximum Gasteiger partial charge on any atom is 0.220 e. The molecule has 0 saturated carbocycles. The largest absolute Gasteiger partial charge is 0.220 e. The number of aryl methyl sites for hydroxylation is 2. The van der Waals surface area contributed by atoms with Crippen molar-refractivity contribution in [3.63, 3.8) is 0 Å². The van der Waals surface area contributed by atoms with Crippen LogP contribution in [0.1, 0.15) is 11.3 Å². The van der Waals surface area contributed by atoms with Crippen LogP contribution in [-0.2, 0) is 7.05 Å². The molecule has 0 unspecified atom stereocenters. The summed E-state index contributed by atoms with van der Waals surface area (Å²) in [6.07, 6.45) is 0. The van der Waals surface area contributed by atoms with E-state index in [-0.39, 0.29) is 0 Å². The van der Waals surface area contributed by atoms with Gasteiger partial charge in [-0.1, -0.05) is 67.3 Å². The van der Waals surface area contributed by atoms with Crippen LogP contribution in [0.2, 0.25) is 19.6 Å². The van der Waals surface area contributed by atoms with E-state index in [1.807, 2.05) is 0 Å². The summed E-state index contributed by atoms with van der Waals surface area (Å²) in [4.78, 5) is 0. The molecule has 1 aromatic heterocycles. The van der Waals surface area contributed by atoms with Gasteiger partial charge in [-0.2, -0.15) is 4.57 Å². The average molecular weight is 371 g/mol. The van der Waals surface area contributed by atoms with Gasteiger partial charge in [0, 0.05) is 13.0 Å². The molecule has 0 aliphatic rings. The first-order valence-corrected chi connectivity index (χ1v) is 13.2. The monoisotopic (exact) mass is 370 g/mol. The van der Waals surface area contributed by atoms with Gasteiger partial charge in [0.15, 0.2) is 5.69 Å². The summed E-state index contributed by atoms with van der Waals surface area (Å²) in [5.74, 6) is 0. The van der Waals surface area contributed by atoms with E-state index in [2.05, 4.69) is 106 Å². The summed E-state index contributed by atoms with van der Waals surface area (Å²) < 4.78 is 2.34. The number of hydrogen-bond acceptors (Lipinski definition) is 0. The van der Waals surface area contributed by atoms with Crippen molar-refractivity contribution < 1.29 is 4.57 Å². The van der Waals surface area contributed by atoms with Crippen LogP contribution in [0.25, 0.3) is 32.8 Å². The zero-order valence-corrected chi connectivity index (χ0v) is 18.2. The third-order valence-corrected chi connectivity index (χ3v) is 7.79. The van der Waals surface area contributed by atoms with E-state index >= 15 is 0 Å². The van der Waals surface area contributed by atoms with Crippen LogP contribution in [0.3, 0.4) is 0 Å². The second kappa shape index (κ2) is 6.31. The van der Waals surface area contributed by atoms with E-state index < -0.39 is 8.07 Å². The second-order valence-corrected chi connectivity index (χ2v) is 13.8. The number of fused-ring (bicyclic) bond motifs is 2. The number of rotatable bonds is 2. The van der Waals surface area contributed by atoms with E-state index in [4.69, 9.17) is 0 Å². The van der Waals surface area contributed by atoms with Gasteiger partial charge in [0.25, 0.3) is 0 Å². The highest BCUT2D eigenvalue weighted by Crippen LogP contribution is 2.31. The van der Waals surface area contributed by atoms with Crippen molar-refractivity contribution in [1.82, 2.24) is 0 Å². The van der Waals surface area contributed by atoms with Crippen molar-refractivity contribution in [1.29, 1.82) is 0 Å². The van der Waals surface area contributed by atoms with Crippen LogP contribution in [-0.4, -0.2) is 8.07 Å². The number of benzene rings is 3. The highest BCUT2D eigenvalue weighted by atomic mass is 28.3. The maximum absolute atomic E-state index is 2.43. The minimum absolute atomic E-state index is 1.29. The maximum atomic E-state index is 2.43. The summed E-state index contributed by atoms with van der Waals surface area (Å²) >= 11 is 0. The highest BCUT2D eigenvalue weighted by Gasteiger charge is 2.22. The average Bonchev–Trinajstić information content (AvgIpc) is 2.61. The molecule has 0 spiro atoms. The molecule has 1 heterocycles. The van der Waals surface area contributed by atoms with E-state index in [1.54, 1.807) is 0 Å². The summed E-state index contributed by atoms with van der Waals surface area (Å²) in [5, 5.41) is 6.81. The summed E-state index contributed by atoms with van der Waals surface area (Å²) in [7, 11) is 0.854. The zero-order valence-electron chi connectivity index (χ0n) is 17.2. The lowest BCUT2D eigenvalue weighted by Crippen LogP contribution is -2.38. The molecule has 0 radical (unpaired) electrons. The zero-order chi connectivity index (χ0) is 19.3. The molecule has 0 bridgehead atoms. The van der Waals surface area contributed by atoms with E-state index in [9.17, 15) is 0 Å². The van der Waals surface area contributed by atoms with Gasteiger partial charge < -0.3 is 0 Å². The van der Waals surface area contributed by atoms with Crippen molar-refractivity contribution in [3.05, 3.63) is 71.9 Å². The fourth-order valence-corrected chi connectivity index (χ4v) is 5.15. The molecular weight excluding hydrogens is 342 g/mol. The van der Waals surface area contributed by atoms with Crippen LogP contribution in [0.4, 0.5) is 0 Å². The standard InChI is InChI=1S/C25H28NSi/c1-17-13-19-9-7-8-10-20(19)16-24(17)25-23-12-11-22(27(4,5)6)15-21(23)14-18(2)26(25)3/h7-16H,1-6H3/q+1. The molecule has 27 heavy (non-hydrogen) atoms. The Labute approximate surface area is 163 Å². The Hall–Kier alpha value is -2.45. The molecule has 1 nitrogen and oxygen atoms in total. The van der Waals surface area contributed by atoms with Crippen LogP contribution in [0, 0.1) is 13.8 Å². The Bertz CT molecular complexity index is 1180. The number of pyridine rings is 1. The van der Waals surface area contributed by atoms with Crippen molar-refractivity contribution >= 4 is 34.8 Å². The fraction of sp³-hybridized carbons (Fsp3) is 0.240. The van der Waals surface area contributed by atoms with E-state index in [1.165, 1.54) is 49.2 Å². The molecule has 136 valence electrons. The first-order valence-electron chi connectivity index (χ1n) is 9.69. The topological polar surface area (TPSA) is 3.88 Å². The molecule has 0 aliphatic heterocycles. The number of aromatic nitrogens is 1. The van der Waals surface area contributed by atoms with Crippen molar-refractivity contribution in [3.8, 4) is 11.3 Å². The smallest absolute Gasteiger partial charge is 0.198 e. The summed E-state index contributed by atoms with van der Waals surface area (Å²) in [5.41, 5.74) is 5.25. The molecule has 0 saturated heterocycles. The van der Waals surface area contributed by atoms with Gasteiger partial charge in [0.05, 0.1) is 19.0 Å². The van der Waals surface area contributed by atoms with Crippen molar-refractivity contribution in [2.24, 2.45) is 7.05 Å². The van der Waals surface area contributed by atoms with Crippen LogP contribution < -0.4 is 9.75 Å². The van der Waals surface area contributed by atoms with Gasteiger partial charge in [-0.3, -0.25) is 0 Å². The molecule has 4 rings (SSSR count). The van der Waals surface area contributed by atoms with Crippen molar-refractivity contribution in [2.45, 2.75) is 33.5 Å². The molecule has 3 aromatic carbocycles. The second-order valence-electron chi connectivity index (χ2n) is 8.76. The SMILES string of the molecule is Cc1cc2ccccc2cc1-c1c2ccc([Si](C)(C)C)cc2cc(C)[n+]1C. The van der Waals surface area contributed by atoms with Crippen LogP contribution in [0.15, 0.2) is 60.7 Å². The molecule has 0 aliphatic carbocycles. The fourth-order valence-electron chi connectivity index (χ4n) is 3.98. The molecular formula is C25H28NSi+. The molecule has 0 fully saturated rings. The molecule has 0 atom stereocenters. The lowest BCUT2D eigenvalue weighted by atomic mass is 9.95. The van der Waals surface area contributed by atoms with Crippen LogP contribution >= 0.6 is 0 Å². The van der Waals surface area contributed by atoms with Gasteiger partial charge in [0.2, 0.25) is 5.69 Å². The predicted octanol–water partition coefficient (Wildman–Crippen LogP) is 5.65. The highest BCUT2D eigenvalue weighted by molar-refractivity contribution is 6.88. The Morgan fingerprint density at radius 3 is 2.07 bits per heavy atom. The molecule has 0 N–H and O–H groups in total. The third kappa shape index (κ3) is 3.08. The number of nitrogens with zero attached hydrogens (tertiary/aromatic N) is 1. The van der Waals surface area contributed by atoms with Crippen LogP contribution in [0.5, 0.6) is 0 Å². The molecule has 2 heteroatoms. The van der Waals surface area contributed by atoms with E-state index in [0.29, 0.717) is 0 Å². The Morgan fingerprint density at radius 1 is 0.741 bits per heavy atom. The first-order chi connectivity index (χ1) is 12.8. The Morgan fingerprint density at radius 2 is 1.41 bits per heavy atom. The molecule has 0 amide bonds. The Balaban J connectivity index is 2.07. The predicted molar refractivity (Wildman–Crippen MR) is 121 cm³/mol. The Kier molecular flexibility index (Phi) is 4.19. The number of hydrogen-bond donors (Lipinski definition) is 0. The third-order valence-electron chi connectivity index (χ3n) is 5.75. The normalized spacial score (nSPS) is 12.1. The van der Waals surface area contributed by atoms with Gasteiger partial charge in [-0.25, -0.2) is 0 Å². The lowest BCUT2D eigenvalue weighted by molar-refractivity contribution is -0.665. The minimum Gasteiger partial charge on any atom is -0.198 e. The lowest BCUT2D eigenvalue weighted by Gasteiger charge is -2.18. The van der Waals surface area contributed by atoms with Gasteiger partial charge in [-0.05, 0) is 40.8 Å². The van der Waals surface area contributed by atoms with Crippen molar-refractivity contribution in [2.75, 3.05) is 0 Å². The first kappa shape index (κ1) is 17.9. The van der Waals surface area contributed by atoms with Gasteiger partial charge >= 0.3 is 0 Å². The summed E-state index contributed by atoms with van der Waals surface area (Å²) in [6, 6.07) is 22.8. The van der Waals surface area contributed by atoms with E-state index in [0.717, 1.165) is 0 Å².